The van der Waals surface area contributed by atoms with Gasteiger partial charge in [0.2, 0.25) is 5.91 Å². The molecule has 0 spiro atoms. The number of nitrogens with zero attached hydrogens (tertiary/aromatic N) is 1. The third kappa shape index (κ3) is 5.76. The van der Waals surface area contributed by atoms with E-state index in [1.165, 1.54) is 12.1 Å². The van der Waals surface area contributed by atoms with Crippen LogP contribution in [-0.2, 0) is 11.3 Å². The highest BCUT2D eigenvalue weighted by Crippen LogP contribution is 2.07. The van der Waals surface area contributed by atoms with Crippen LogP contribution in [-0.4, -0.2) is 42.2 Å². The van der Waals surface area contributed by atoms with Gasteiger partial charge in [-0.25, -0.2) is 8.78 Å². The molecule has 0 saturated heterocycles. The number of carbonyl (C=O) groups excluding carboxylic acids is 1. The minimum atomic E-state index is -0.667. The molecule has 6 heteroatoms. The molecule has 4 nitrogen and oxygen atoms in total. The topological polar surface area (TPSA) is 52.6 Å². The van der Waals surface area contributed by atoms with E-state index in [9.17, 15) is 13.6 Å². The summed E-state index contributed by atoms with van der Waals surface area (Å²) < 4.78 is 25.9. The second-order valence-electron chi connectivity index (χ2n) is 4.15. The molecule has 106 valence electrons. The van der Waals surface area contributed by atoms with E-state index in [2.05, 4.69) is 5.32 Å². The number of carbonyl (C=O) groups is 1. The summed E-state index contributed by atoms with van der Waals surface area (Å²) in [5.74, 6) is -1.58. The molecule has 0 unspecified atom stereocenters. The predicted molar refractivity (Wildman–Crippen MR) is 67.4 cm³/mol. The third-order valence-corrected chi connectivity index (χ3v) is 2.64. The molecular formula is C13H18F2N2O2. The highest BCUT2D eigenvalue weighted by Gasteiger charge is 2.08. The van der Waals surface area contributed by atoms with Gasteiger partial charge in [0.15, 0.2) is 0 Å². The van der Waals surface area contributed by atoms with Crippen molar-refractivity contribution in [3.63, 3.8) is 0 Å². The molecule has 0 heterocycles. The Hall–Kier alpha value is -1.53. The molecule has 0 atom stereocenters. The summed E-state index contributed by atoms with van der Waals surface area (Å²) in [6, 6.07) is 3.13. The lowest BCUT2D eigenvalue weighted by atomic mass is 10.2. The van der Waals surface area contributed by atoms with Gasteiger partial charge >= 0.3 is 0 Å². The summed E-state index contributed by atoms with van der Waals surface area (Å²) in [5.41, 5.74) is 0.371. The standard InChI is InChI=1S/C13H18F2N2O2/c1-2-17(3-4-18)9-13(19)16-8-10-5-11(14)7-12(15)6-10/h5-7,18H,2-4,8-9H2,1H3,(H,16,19). The van der Waals surface area contributed by atoms with Crippen LogP contribution in [0, 0.1) is 11.6 Å². The Bertz CT molecular complexity index is 407. The SMILES string of the molecule is CCN(CCO)CC(=O)NCc1cc(F)cc(F)c1. The Kier molecular flexibility index (Phi) is 6.38. The number of rotatable bonds is 7. The lowest BCUT2D eigenvalue weighted by molar-refractivity contribution is -0.122. The Morgan fingerprint density at radius 2 is 1.95 bits per heavy atom. The molecule has 0 aliphatic heterocycles. The predicted octanol–water partition coefficient (Wildman–Crippen LogP) is 0.895. The van der Waals surface area contributed by atoms with Gasteiger partial charge in [0.25, 0.3) is 0 Å². The van der Waals surface area contributed by atoms with E-state index in [0.717, 1.165) is 6.07 Å². The van der Waals surface area contributed by atoms with Crippen molar-refractivity contribution < 1.29 is 18.7 Å². The molecule has 0 radical (unpaired) electrons. The van der Waals surface area contributed by atoms with Crippen molar-refractivity contribution in [3.8, 4) is 0 Å². The fourth-order valence-corrected chi connectivity index (χ4v) is 1.66. The van der Waals surface area contributed by atoms with Crippen molar-refractivity contribution in [2.75, 3.05) is 26.2 Å². The van der Waals surface area contributed by atoms with Crippen LogP contribution in [0.4, 0.5) is 8.78 Å². The molecule has 1 aromatic rings. The lowest BCUT2D eigenvalue weighted by Crippen LogP contribution is -2.38. The fourth-order valence-electron chi connectivity index (χ4n) is 1.66. The van der Waals surface area contributed by atoms with E-state index < -0.39 is 11.6 Å². The Morgan fingerprint density at radius 3 is 2.47 bits per heavy atom. The molecule has 0 saturated carbocycles. The van der Waals surface area contributed by atoms with Crippen LogP contribution < -0.4 is 5.32 Å². The van der Waals surface area contributed by atoms with Crippen LogP contribution in [0.3, 0.4) is 0 Å². The normalized spacial score (nSPS) is 10.8. The number of nitrogens with one attached hydrogen (secondary N) is 1. The maximum Gasteiger partial charge on any atom is 0.234 e. The van der Waals surface area contributed by atoms with Crippen LogP contribution in [0.2, 0.25) is 0 Å². The first-order valence-corrected chi connectivity index (χ1v) is 6.10. The quantitative estimate of drug-likeness (QED) is 0.775. The van der Waals surface area contributed by atoms with Crippen molar-refractivity contribution in [3.05, 3.63) is 35.4 Å². The van der Waals surface area contributed by atoms with E-state index in [4.69, 9.17) is 5.11 Å². The van der Waals surface area contributed by atoms with Gasteiger partial charge in [0.1, 0.15) is 11.6 Å². The lowest BCUT2D eigenvalue weighted by Gasteiger charge is -2.18. The first-order chi connectivity index (χ1) is 9.05. The molecule has 1 aromatic carbocycles. The fraction of sp³-hybridized carbons (Fsp3) is 0.462. The van der Waals surface area contributed by atoms with Gasteiger partial charge in [0.05, 0.1) is 13.2 Å². The van der Waals surface area contributed by atoms with Gasteiger partial charge in [-0.1, -0.05) is 6.92 Å². The molecule has 1 rings (SSSR count). The van der Waals surface area contributed by atoms with Crippen LogP contribution in [0.1, 0.15) is 12.5 Å². The molecule has 19 heavy (non-hydrogen) atoms. The van der Waals surface area contributed by atoms with E-state index in [0.29, 0.717) is 18.7 Å². The maximum absolute atomic E-state index is 12.9. The van der Waals surface area contributed by atoms with E-state index in [1.807, 2.05) is 6.92 Å². The molecular weight excluding hydrogens is 254 g/mol. The minimum absolute atomic E-state index is 0.0176. The van der Waals surface area contributed by atoms with Gasteiger partial charge in [0, 0.05) is 19.2 Å². The summed E-state index contributed by atoms with van der Waals surface area (Å²) in [6.45, 7) is 3.14. The van der Waals surface area contributed by atoms with E-state index in [1.54, 1.807) is 4.90 Å². The van der Waals surface area contributed by atoms with Crippen molar-refractivity contribution in [2.24, 2.45) is 0 Å². The van der Waals surface area contributed by atoms with Crippen LogP contribution in [0.15, 0.2) is 18.2 Å². The first kappa shape index (κ1) is 15.5. The van der Waals surface area contributed by atoms with E-state index >= 15 is 0 Å². The smallest absolute Gasteiger partial charge is 0.234 e. The average Bonchev–Trinajstić information content (AvgIpc) is 2.34. The second kappa shape index (κ2) is 7.81. The Balaban J connectivity index is 2.45. The number of likely N-dealkylation sites (N-methyl/N-ethyl adjacent to an activating group) is 1. The largest absolute Gasteiger partial charge is 0.395 e. The number of aliphatic hydroxyl groups is 1. The number of amides is 1. The van der Waals surface area contributed by atoms with Crippen molar-refractivity contribution in [1.29, 1.82) is 0 Å². The highest BCUT2D eigenvalue weighted by atomic mass is 19.1. The Labute approximate surface area is 111 Å². The van der Waals surface area contributed by atoms with Gasteiger partial charge in [-0.05, 0) is 24.2 Å². The van der Waals surface area contributed by atoms with E-state index in [-0.39, 0.29) is 25.6 Å². The van der Waals surface area contributed by atoms with Crippen LogP contribution in [0.5, 0.6) is 0 Å². The van der Waals surface area contributed by atoms with Gasteiger partial charge in [-0.3, -0.25) is 9.69 Å². The third-order valence-electron chi connectivity index (χ3n) is 2.64. The number of benzene rings is 1. The monoisotopic (exact) mass is 272 g/mol. The zero-order valence-electron chi connectivity index (χ0n) is 10.8. The first-order valence-electron chi connectivity index (χ1n) is 6.10. The second-order valence-corrected chi connectivity index (χ2v) is 4.15. The van der Waals surface area contributed by atoms with Crippen LogP contribution in [0.25, 0.3) is 0 Å². The zero-order valence-corrected chi connectivity index (χ0v) is 10.8. The Morgan fingerprint density at radius 1 is 1.32 bits per heavy atom. The summed E-state index contributed by atoms with van der Waals surface area (Å²) in [4.78, 5) is 13.4. The highest BCUT2D eigenvalue weighted by molar-refractivity contribution is 5.77. The maximum atomic E-state index is 12.9. The number of hydrogen-bond acceptors (Lipinski definition) is 3. The van der Waals surface area contributed by atoms with Gasteiger partial charge < -0.3 is 10.4 Å². The number of aliphatic hydroxyl groups excluding tert-OH is 1. The van der Waals surface area contributed by atoms with Crippen LogP contribution >= 0.6 is 0 Å². The molecule has 2 N–H and O–H groups in total. The molecule has 1 amide bonds. The molecule has 0 aliphatic rings. The summed E-state index contributed by atoms with van der Waals surface area (Å²) in [6.07, 6.45) is 0. The molecule has 0 bridgehead atoms. The summed E-state index contributed by atoms with van der Waals surface area (Å²) in [5, 5.41) is 11.4. The summed E-state index contributed by atoms with van der Waals surface area (Å²) >= 11 is 0. The summed E-state index contributed by atoms with van der Waals surface area (Å²) in [7, 11) is 0. The average molecular weight is 272 g/mol. The van der Waals surface area contributed by atoms with Gasteiger partial charge in [-0.2, -0.15) is 0 Å². The molecule has 0 aliphatic carbocycles. The number of halogens is 2. The molecule has 0 aromatic heterocycles. The number of hydrogen-bond donors (Lipinski definition) is 2. The minimum Gasteiger partial charge on any atom is -0.395 e. The van der Waals surface area contributed by atoms with Crippen molar-refractivity contribution in [2.45, 2.75) is 13.5 Å². The zero-order chi connectivity index (χ0) is 14.3. The van der Waals surface area contributed by atoms with Crippen molar-refractivity contribution in [1.82, 2.24) is 10.2 Å². The van der Waals surface area contributed by atoms with Crippen molar-refractivity contribution >= 4 is 5.91 Å². The van der Waals surface area contributed by atoms with Gasteiger partial charge in [-0.15, -0.1) is 0 Å². The molecule has 0 fully saturated rings.